The van der Waals surface area contributed by atoms with Crippen LogP contribution in [0.15, 0.2) is 35.1 Å². The van der Waals surface area contributed by atoms with Gasteiger partial charge >= 0.3 is 0 Å². The maximum atomic E-state index is 12.7. The predicted molar refractivity (Wildman–Crippen MR) is 107 cm³/mol. The summed E-state index contributed by atoms with van der Waals surface area (Å²) in [5, 5.41) is 10.7. The summed E-state index contributed by atoms with van der Waals surface area (Å²) in [7, 11) is 6.17. The van der Waals surface area contributed by atoms with Crippen LogP contribution in [0.5, 0.6) is 23.0 Å². The van der Waals surface area contributed by atoms with Gasteiger partial charge in [0.2, 0.25) is 0 Å². The molecule has 2 N–H and O–H groups in total. The van der Waals surface area contributed by atoms with Gasteiger partial charge in [-0.2, -0.15) is 0 Å². The van der Waals surface area contributed by atoms with Gasteiger partial charge in [-0.25, -0.2) is 0 Å². The molecule has 0 aliphatic carbocycles. The number of methoxy groups -OCH3 is 4. The molecule has 0 atom stereocenters. The van der Waals surface area contributed by atoms with Gasteiger partial charge < -0.3 is 29.0 Å². The number of fused-ring (bicyclic) bond motifs is 1. The van der Waals surface area contributed by atoms with Crippen LogP contribution in [-0.4, -0.2) is 45.1 Å². The van der Waals surface area contributed by atoms with Crippen molar-refractivity contribution in [3.05, 3.63) is 46.2 Å². The third-order valence-corrected chi connectivity index (χ3v) is 4.63. The molecule has 0 radical (unpaired) electrons. The summed E-state index contributed by atoms with van der Waals surface area (Å²) < 4.78 is 21.4. The van der Waals surface area contributed by atoms with Crippen molar-refractivity contribution in [1.29, 1.82) is 0 Å². The topological polar surface area (TPSA) is 90.0 Å². The molecule has 0 unspecified atom stereocenters. The Morgan fingerprint density at radius 3 is 2.00 bits per heavy atom. The van der Waals surface area contributed by atoms with Crippen molar-refractivity contribution < 1.29 is 24.1 Å². The maximum Gasteiger partial charge on any atom is 0.256 e. The standard InChI is InChI=1S/C21H23NO6/c1-25-17-8-12(5-6-23)14(10-19(17)27-3)16-7-13-9-18(26-2)20(28-4)11-15(13)21(24)22-16/h7-11,23H,5-6H2,1-4H3,(H,22,24). The first kappa shape index (κ1) is 19.6. The van der Waals surface area contributed by atoms with Crippen LogP contribution in [0.3, 0.4) is 0 Å². The third kappa shape index (κ3) is 3.48. The second-order valence-electron chi connectivity index (χ2n) is 6.14. The molecule has 3 aromatic rings. The van der Waals surface area contributed by atoms with Gasteiger partial charge in [0.1, 0.15) is 0 Å². The summed E-state index contributed by atoms with van der Waals surface area (Å²) in [5.74, 6) is 2.12. The summed E-state index contributed by atoms with van der Waals surface area (Å²) in [6, 6.07) is 8.88. The van der Waals surface area contributed by atoms with Crippen LogP contribution in [0.4, 0.5) is 0 Å². The molecule has 1 heterocycles. The minimum absolute atomic E-state index is 0.0364. The zero-order chi connectivity index (χ0) is 20.3. The molecule has 7 nitrogen and oxygen atoms in total. The Bertz CT molecular complexity index is 1060. The van der Waals surface area contributed by atoms with Crippen LogP contribution < -0.4 is 24.5 Å². The van der Waals surface area contributed by atoms with Crippen molar-refractivity contribution in [1.82, 2.24) is 4.98 Å². The fraction of sp³-hybridized carbons (Fsp3) is 0.286. The Hall–Kier alpha value is -3.19. The van der Waals surface area contributed by atoms with E-state index in [9.17, 15) is 9.90 Å². The second kappa shape index (κ2) is 8.22. The SMILES string of the molecule is COc1cc(CCO)c(-c2cc3cc(OC)c(OC)cc3c(=O)[nH]2)cc1OC. The molecule has 0 fully saturated rings. The van der Waals surface area contributed by atoms with E-state index in [4.69, 9.17) is 18.9 Å². The van der Waals surface area contributed by atoms with E-state index < -0.39 is 0 Å². The minimum Gasteiger partial charge on any atom is -0.493 e. The third-order valence-electron chi connectivity index (χ3n) is 4.63. The van der Waals surface area contributed by atoms with E-state index in [-0.39, 0.29) is 12.2 Å². The van der Waals surface area contributed by atoms with Gasteiger partial charge in [-0.15, -0.1) is 0 Å². The molecule has 2 aromatic carbocycles. The molecule has 0 saturated carbocycles. The van der Waals surface area contributed by atoms with E-state index in [1.165, 1.54) is 7.11 Å². The van der Waals surface area contributed by atoms with Crippen molar-refractivity contribution >= 4 is 10.8 Å². The Kier molecular flexibility index (Phi) is 5.75. The molecule has 0 aliphatic heterocycles. The lowest BCUT2D eigenvalue weighted by Crippen LogP contribution is -2.09. The highest BCUT2D eigenvalue weighted by Crippen LogP contribution is 2.37. The average Bonchev–Trinajstić information content (AvgIpc) is 2.72. The van der Waals surface area contributed by atoms with Gasteiger partial charge in [0.05, 0.1) is 33.8 Å². The fourth-order valence-electron chi connectivity index (χ4n) is 3.24. The number of hydrogen-bond donors (Lipinski definition) is 2. The molecule has 0 bridgehead atoms. The number of aromatic nitrogens is 1. The van der Waals surface area contributed by atoms with Gasteiger partial charge in [-0.05, 0) is 47.7 Å². The molecule has 148 valence electrons. The van der Waals surface area contributed by atoms with E-state index >= 15 is 0 Å². The molecule has 7 heteroatoms. The molecule has 1 aromatic heterocycles. The molecule has 3 rings (SSSR count). The van der Waals surface area contributed by atoms with Crippen LogP contribution in [0.2, 0.25) is 0 Å². The first-order valence-electron chi connectivity index (χ1n) is 8.71. The Morgan fingerprint density at radius 2 is 1.39 bits per heavy atom. The first-order valence-corrected chi connectivity index (χ1v) is 8.71. The average molecular weight is 385 g/mol. The Labute approximate surface area is 162 Å². The number of ether oxygens (including phenoxy) is 4. The number of aromatic amines is 1. The quantitative estimate of drug-likeness (QED) is 0.650. The summed E-state index contributed by atoms with van der Waals surface area (Å²) in [6.45, 7) is -0.0364. The number of H-pyrrole nitrogens is 1. The Morgan fingerprint density at radius 1 is 0.821 bits per heavy atom. The van der Waals surface area contributed by atoms with E-state index in [0.29, 0.717) is 45.9 Å². The number of benzene rings is 2. The second-order valence-corrected chi connectivity index (χ2v) is 6.14. The van der Waals surface area contributed by atoms with Crippen LogP contribution >= 0.6 is 0 Å². The monoisotopic (exact) mass is 385 g/mol. The van der Waals surface area contributed by atoms with E-state index in [1.54, 1.807) is 39.5 Å². The highest BCUT2D eigenvalue weighted by Gasteiger charge is 2.16. The number of pyridine rings is 1. The van der Waals surface area contributed by atoms with Crippen LogP contribution in [0, 0.1) is 0 Å². The lowest BCUT2D eigenvalue weighted by Gasteiger charge is -2.15. The summed E-state index contributed by atoms with van der Waals surface area (Å²) in [4.78, 5) is 15.6. The maximum absolute atomic E-state index is 12.7. The number of aliphatic hydroxyl groups is 1. The zero-order valence-corrected chi connectivity index (χ0v) is 16.3. The smallest absolute Gasteiger partial charge is 0.256 e. The normalized spacial score (nSPS) is 10.8. The summed E-state index contributed by atoms with van der Waals surface area (Å²) in [5.41, 5.74) is 1.93. The van der Waals surface area contributed by atoms with Gasteiger partial charge in [0.15, 0.2) is 23.0 Å². The van der Waals surface area contributed by atoms with Gasteiger partial charge in [0, 0.05) is 17.9 Å². The lowest BCUT2D eigenvalue weighted by atomic mass is 9.99. The summed E-state index contributed by atoms with van der Waals surface area (Å²) in [6.07, 6.45) is 0.404. The molecule has 0 saturated heterocycles. The van der Waals surface area contributed by atoms with Crippen molar-refractivity contribution in [2.45, 2.75) is 6.42 Å². The minimum atomic E-state index is -0.252. The molecular formula is C21H23NO6. The fourth-order valence-corrected chi connectivity index (χ4v) is 3.24. The number of nitrogens with one attached hydrogen (secondary N) is 1. The van der Waals surface area contributed by atoms with Crippen LogP contribution in [0.25, 0.3) is 22.0 Å². The molecule has 0 amide bonds. The zero-order valence-electron chi connectivity index (χ0n) is 16.3. The largest absolute Gasteiger partial charge is 0.493 e. The van der Waals surface area contributed by atoms with Gasteiger partial charge in [-0.1, -0.05) is 0 Å². The van der Waals surface area contributed by atoms with E-state index in [2.05, 4.69) is 4.98 Å². The highest BCUT2D eigenvalue weighted by molar-refractivity contribution is 5.88. The van der Waals surface area contributed by atoms with Crippen LogP contribution in [0.1, 0.15) is 5.56 Å². The van der Waals surface area contributed by atoms with Gasteiger partial charge in [0.25, 0.3) is 5.56 Å². The number of aliphatic hydroxyl groups excluding tert-OH is 1. The molecular weight excluding hydrogens is 362 g/mol. The Balaban J connectivity index is 2.27. The van der Waals surface area contributed by atoms with Crippen molar-refractivity contribution in [2.75, 3.05) is 35.0 Å². The first-order chi connectivity index (χ1) is 13.6. The van der Waals surface area contributed by atoms with Crippen molar-refractivity contribution in [3.8, 4) is 34.3 Å². The molecule has 28 heavy (non-hydrogen) atoms. The van der Waals surface area contributed by atoms with Crippen LogP contribution in [-0.2, 0) is 6.42 Å². The van der Waals surface area contributed by atoms with E-state index in [1.807, 2.05) is 12.1 Å². The molecule has 0 spiro atoms. The van der Waals surface area contributed by atoms with Crippen molar-refractivity contribution in [2.24, 2.45) is 0 Å². The highest BCUT2D eigenvalue weighted by atomic mass is 16.5. The lowest BCUT2D eigenvalue weighted by molar-refractivity contribution is 0.299. The summed E-state index contributed by atoms with van der Waals surface area (Å²) >= 11 is 0. The number of hydrogen-bond acceptors (Lipinski definition) is 6. The molecule has 0 aliphatic rings. The predicted octanol–water partition coefficient (Wildman–Crippen LogP) is 2.76. The van der Waals surface area contributed by atoms with Gasteiger partial charge in [-0.3, -0.25) is 4.79 Å². The van der Waals surface area contributed by atoms with E-state index in [0.717, 1.165) is 11.1 Å². The van der Waals surface area contributed by atoms with Crippen molar-refractivity contribution in [3.63, 3.8) is 0 Å². The number of rotatable bonds is 7.